The minimum absolute atomic E-state index is 0.0988. The van der Waals surface area contributed by atoms with E-state index in [2.05, 4.69) is 34.9 Å². The normalized spacial score (nSPS) is 22.3. The quantitative estimate of drug-likeness (QED) is 0.161. The molecule has 0 saturated carbocycles. The van der Waals surface area contributed by atoms with Crippen LogP contribution in [0, 0.1) is 0 Å². The van der Waals surface area contributed by atoms with E-state index >= 15 is 0 Å². The molecule has 4 amide bonds. The van der Waals surface area contributed by atoms with Crippen molar-refractivity contribution in [2.24, 2.45) is 0 Å². The molecule has 360 valence electrons. The molecular weight excluding hydrogens is 873 g/mol. The van der Waals surface area contributed by atoms with E-state index in [1.54, 1.807) is 36.0 Å². The van der Waals surface area contributed by atoms with Gasteiger partial charge in [0.05, 0.1) is 35.4 Å². The van der Waals surface area contributed by atoms with Gasteiger partial charge in [-0.3, -0.25) is 19.2 Å². The molecule has 0 bridgehead atoms. The molecule has 0 fully saturated rings. The summed E-state index contributed by atoms with van der Waals surface area (Å²) < 4.78 is 12.3. The van der Waals surface area contributed by atoms with Gasteiger partial charge < -0.3 is 29.9 Å². The van der Waals surface area contributed by atoms with Gasteiger partial charge in [0.25, 0.3) is 11.8 Å². The second-order valence-electron chi connectivity index (χ2n) is 17.9. The number of para-hydroxylation sites is 2. The van der Waals surface area contributed by atoms with Crippen molar-refractivity contribution in [2.75, 3.05) is 14.1 Å². The molecule has 2 N–H and O–H groups in total. The molecule has 6 aromatic rings. The van der Waals surface area contributed by atoms with Gasteiger partial charge in [0, 0.05) is 39.8 Å². The van der Waals surface area contributed by atoms with E-state index in [0.29, 0.717) is 61.2 Å². The molecule has 10 nitrogen and oxygen atoms in total. The number of rotatable bonds is 6. The topological polar surface area (TPSA) is 117 Å². The number of carbonyl (C=O) groups excluding carboxylic acids is 4. The summed E-state index contributed by atoms with van der Waals surface area (Å²) in [6, 6.07) is 52.2. The molecule has 70 heavy (non-hydrogen) atoms. The number of ether oxygens (including phenoxy) is 2. The monoisotopic (exact) mass is 936 g/mol. The molecule has 0 saturated heterocycles. The first kappa shape index (κ1) is 50.2. The van der Waals surface area contributed by atoms with E-state index in [1.165, 1.54) is 0 Å². The van der Waals surface area contributed by atoms with Crippen LogP contribution in [0.3, 0.4) is 0 Å². The molecule has 0 radical (unpaired) electrons. The van der Waals surface area contributed by atoms with Crippen LogP contribution in [-0.2, 0) is 22.4 Å². The Balaban J connectivity index is 0.000000206. The summed E-state index contributed by atoms with van der Waals surface area (Å²) in [6.45, 7) is 3.99. The molecule has 0 aliphatic carbocycles. The van der Waals surface area contributed by atoms with Crippen LogP contribution in [0.15, 0.2) is 194 Å². The molecule has 0 spiro atoms. The predicted molar refractivity (Wildman–Crippen MR) is 277 cm³/mol. The third-order valence-electron chi connectivity index (χ3n) is 12.7. The number of amides is 4. The largest absolute Gasteiger partial charge is 0.490 e. The van der Waals surface area contributed by atoms with Crippen molar-refractivity contribution >= 4 is 23.6 Å². The van der Waals surface area contributed by atoms with Crippen LogP contribution >= 0.6 is 0 Å². The maximum atomic E-state index is 13.7. The van der Waals surface area contributed by atoms with Gasteiger partial charge in [-0.1, -0.05) is 170 Å². The molecule has 0 aromatic heterocycles. The van der Waals surface area contributed by atoms with Gasteiger partial charge in [0.1, 0.15) is 23.6 Å². The second kappa shape index (κ2) is 25.1. The first-order valence-electron chi connectivity index (χ1n) is 24.2. The summed E-state index contributed by atoms with van der Waals surface area (Å²) in [5, 5.41) is 6.46. The lowest BCUT2D eigenvalue weighted by molar-refractivity contribution is -0.126. The van der Waals surface area contributed by atoms with E-state index in [-0.39, 0.29) is 47.9 Å². The van der Waals surface area contributed by atoms with Crippen molar-refractivity contribution in [2.45, 2.75) is 88.7 Å². The van der Waals surface area contributed by atoms with Crippen LogP contribution in [-0.4, -0.2) is 71.8 Å². The van der Waals surface area contributed by atoms with Crippen LogP contribution in [0.2, 0.25) is 0 Å². The summed E-state index contributed by atoms with van der Waals surface area (Å²) in [6.07, 6.45) is 11.7. The van der Waals surface area contributed by atoms with Gasteiger partial charge in [-0.05, 0) is 73.2 Å². The van der Waals surface area contributed by atoms with Gasteiger partial charge in [0.15, 0.2) is 0 Å². The molecular formula is C60H64N4O6. The maximum Gasteiger partial charge on any atom is 0.258 e. The average molecular weight is 937 g/mol. The number of likely N-dealkylation sites (N-methyl/N-ethyl adjacent to an activating group) is 2. The van der Waals surface area contributed by atoms with Crippen molar-refractivity contribution in [3.63, 3.8) is 0 Å². The average Bonchev–Trinajstić information content (AvgIpc) is 3.39. The smallest absolute Gasteiger partial charge is 0.258 e. The molecule has 2 aliphatic rings. The van der Waals surface area contributed by atoms with Crippen LogP contribution in [0.25, 0.3) is 0 Å². The first-order valence-corrected chi connectivity index (χ1v) is 24.2. The zero-order chi connectivity index (χ0) is 49.2. The van der Waals surface area contributed by atoms with Crippen LogP contribution < -0.4 is 20.1 Å². The van der Waals surface area contributed by atoms with Crippen LogP contribution in [0.1, 0.15) is 94.6 Å². The number of benzene rings is 6. The summed E-state index contributed by atoms with van der Waals surface area (Å²) in [5.74, 6) is 0.207. The predicted octanol–water partition coefficient (Wildman–Crippen LogP) is 10.7. The lowest BCUT2D eigenvalue weighted by Gasteiger charge is -2.30. The fourth-order valence-electron chi connectivity index (χ4n) is 8.67. The number of hydrogen-bond donors (Lipinski definition) is 2. The number of carbonyl (C=O) groups is 4. The van der Waals surface area contributed by atoms with Crippen molar-refractivity contribution < 1.29 is 28.7 Å². The molecule has 0 unspecified atom stereocenters. The van der Waals surface area contributed by atoms with Gasteiger partial charge in [0.2, 0.25) is 11.8 Å². The highest BCUT2D eigenvalue weighted by atomic mass is 16.5. The van der Waals surface area contributed by atoms with E-state index in [4.69, 9.17) is 9.47 Å². The first-order chi connectivity index (χ1) is 34.0. The third-order valence-corrected chi connectivity index (χ3v) is 12.7. The van der Waals surface area contributed by atoms with E-state index in [9.17, 15) is 19.2 Å². The Morgan fingerprint density at radius 2 is 0.743 bits per heavy atom. The van der Waals surface area contributed by atoms with Crippen LogP contribution in [0.5, 0.6) is 11.5 Å². The number of fused-ring (bicyclic) bond motifs is 2. The number of hydrogen-bond acceptors (Lipinski definition) is 6. The summed E-state index contributed by atoms with van der Waals surface area (Å²) in [4.78, 5) is 57.9. The summed E-state index contributed by atoms with van der Waals surface area (Å²) in [5.41, 5.74) is 4.94. The minimum atomic E-state index is -0.687. The third kappa shape index (κ3) is 13.7. The lowest BCUT2D eigenvalue weighted by atomic mass is 9.99. The SMILES string of the molecule is C[C@H]1C/C=C/C[C@H](c2ccccc2)NC(=O)[C@H](Cc2ccccc2)N(C)C(=O)c2ccccc2O1.C[C@H]1C/C=C\C[C@H](c2ccccc2)NC(=O)[C@H](Cc2ccccc2)N(C)C(=O)c2ccccc2O1. The van der Waals surface area contributed by atoms with Gasteiger partial charge in [-0.25, -0.2) is 0 Å². The zero-order valence-electron chi connectivity index (χ0n) is 40.5. The highest BCUT2D eigenvalue weighted by Gasteiger charge is 2.33. The standard InChI is InChI=1S/2C30H32N2O3/c2*1-22-13-9-11-19-26(24-16-7-4-8-17-24)31-29(33)27(21-23-14-5-3-6-15-23)32(2)30(34)25-18-10-12-20-28(25)35-22/h2*3-12,14-18,20,22,26-27H,13,19,21H2,1-2H3,(H,31,33)/b11-9+;11-9-/t2*22-,26+,27-/m00/s1. The molecule has 2 heterocycles. The highest BCUT2D eigenvalue weighted by Crippen LogP contribution is 2.27. The second-order valence-corrected chi connectivity index (χ2v) is 17.9. The summed E-state index contributed by atoms with van der Waals surface area (Å²) in [7, 11) is 3.39. The minimum Gasteiger partial charge on any atom is -0.490 e. The maximum absolute atomic E-state index is 13.7. The summed E-state index contributed by atoms with van der Waals surface area (Å²) >= 11 is 0. The molecule has 6 atom stereocenters. The fourth-order valence-corrected chi connectivity index (χ4v) is 8.67. The van der Waals surface area contributed by atoms with Crippen molar-refractivity contribution in [3.05, 3.63) is 228 Å². The Bertz CT molecular complexity index is 2510. The van der Waals surface area contributed by atoms with Crippen molar-refractivity contribution in [3.8, 4) is 11.5 Å². The Labute approximate surface area is 413 Å². The zero-order valence-corrected chi connectivity index (χ0v) is 40.5. The van der Waals surface area contributed by atoms with Gasteiger partial charge in [-0.15, -0.1) is 0 Å². The van der Waals surface area contributed by atoms with Gasteiger partial charge in [-0.2, -0.15) is 0 Å². The Kier molecular flexibility index (Phi) is 18.0. The van der Waals surface area contributed by atoms with Gasteiger partial charge >= 0.3 is 0 Å². The Morgan fingerprint density at radius 1 is 0.429 bits per heavy atom. The Hall–Kier alpha value is -7.72. The highest BCUT2D eigenvalue weighted by molar-refractivity contribution is 6.00. The lowest BCUT2D eigenvalue weighted by Crippen LogP contribution is -2.49. The van der Waals surface area contributed by atoms with Crippen molar-refractivity contribution in [1.82, 2.24) is 20.4 Å². The molecule has 8 rings (SSSR count). The molecule has 2 aliphatic heterocycles. The molecule has 6 aromatic carbocycles. The number of nitrogens with one attached hydrogen (secondary N) is 2. The fraction of sp³-hybridized carbons (Fsp3) is 0.267. The number of nitrogens with zero attached hydrogens (tertiary/aromatic N) is 2. The Morgan fingerprint density at radius 3 is 1.11 bits per heavy atom. The van der Waals surface area contributed by atoms with E-state index in [1.807, 2.05) is 172 Å². The van der Waals surface area contributed by atoms with Crippen LogP contribution in [0.4, 0.5) is 0 Å². The molecule has 10 heteroatoms. The van der Waals surface area contributed by atoms with E-state index < -0.39 is 12.1 Å². The van der Waals surface area contributed by atoms with E-state index in [0.717, 1.165) is 22.3 Å². The van der Waals surface area contributed by atoms with Crippen molar-refractivity contribution in [1.29, 1.82) is 0 Å².